The molecule has 0 saturated heterocycles. The highest BCUT2D eigenvalue weighted by Crippen LogP contribution is 2.26. The summed E-state index contributed by atoms with van der Waals surface area (Å²) >= 11 is 0. The molecule has 0 aliphatic heterocycles. The minimum atomic E-state index is -0.430. The Labute approximate surface area is 109 Å². The van der Waals surface area contributed by atoms with Gasteiger partial charge in [-0.25, -0.2) is 0 Å². The molecule has 4 N–H and O–H groups in total. The van der Waals surface area contributed by atoms with Crippen LogP contribution in [0.1, 0.15) is 10.5 Å². The van der Waals surface area contributed by atoms with Crippen LogP contribution >= 0.6 is 0 Å². The van der Waals surface area contributed by atoms with Crippen molar-refractivity contribution >= 4 is 17.3 Å². The molecule has 0 saturated carbocycles. The van der Waals surface area contributed by atoms with Gasteiger partial charge in [-0.2, -0.15) is 0 Å². The van der Waals surface area contributed by atoms with Crippen LogP contribution in [-0.2, 0) is 0 Å². The van der Waals surface area contributed by atoms with Gasteiger partial charge in [0.25, 0.3) is 5.91 Å². The van der Waals surface area contributed by atoms with Gasteiger partial charge in [-0.05, 0) is 18.2 Å². The van der Waals surface area contributed by atoms with E-state index in [0.717, 1.165) is 0 Å². The molecule has 98 valence electrons. The average Bonchev–Trinajstić information content (AvgIpc) is 2.40. The summed E-state index contributed by atoms with van der Waals surface area (Å²) in [5.41, 5.74) is 6.47. The molecular formula is C13H13N3O3. The number of pyridine rings is 1. The average molecular weight is 259 g/mol. The number of hydrogen-bond donors (Lipinski definition) is 3. The second-order valence-corrected chi connectivity index (χ2v) is 3.84. The normalized spacial score (nSPS) is 9.95. The number of rotatable bonds is 3. The number of amides is 1. The van der Waals surface area contributed by atoms with Crippen molar-refractivity contribution in [1.29, 1.82) is 0 Å². The number of carbonyl (C=O) groups is 1. The molecule has 1 aromatic heterocycles. The fourth-order valence-electron chi connectivity index (χ4n) is 1.58. The van der Waals surface area contributed by atoms with Crippen molar-refractivity contribution in [3.8, 4) is 5.75 Å². The van der Waals surface area contributed by atoms with Crippen LogP contribution in [0, 0.1) is 0 Å². The Morgan fingerprint density at radius 1 is 1.32 bits per heavy atom. The van der Waals surface area contributed by atoms with E-state index in [1.165, 1.54) is 25.3 Å². The lowest BCUT2D eigenvalue weighted by Crippen LogP contribution is -2.18. The van der Waals surface area contributed by atoms with Gasteiger partial charge < -0.3 is 20.8 Å². The fraction of sp³-hybridized carbons (Fsp3) is 0.0769. The van der Waals surface area contributed by atoms with Crippen molar-refractivity contribution in [1.82, 2.24) is 4.98 Å². The maximum absolute atomic E-state index is 12.0. The molecule has 1 heterocycles. The van der Waals surface area contributed by atoms with Crippen molar-refractivity contribution in [2.45, 2.75) is 0 Å². The number of nitrogens with two attached hydrogens (primary N) is 1. The molecule has 0 atom stereocenters. The number of aromatic amines is 1. The van der Waals surface area contributed by atoms with Crippen molar-refractivity contribution in [3.05, 3.63) is 52.4 Å². The predicted octanol–water partition coefficient (Wildman–Crippen LogP) is 1.22. The SMILES string of the molecule is COc1cc(N)ccc1NC(=O)c1cccc(=O)[nH]1. The minimum absolute atomic E-state index is 0.173. The summed E-state index contributed by atoms with van der Waals surface area (Å²) in [5.74, 6) is 0.0207. The van der Waals surface area contributed by atoms with Crippen molar-refractivity contribution in [2.24, 2.45) is 0 Å². The zero-order valence-electron chi connectivity index (χ0n) is 10.3. The van der Waals surface area contributed by atoms with Crippen LogP contribution in [-0.4, -0.2) is 18.0 Å². The molecule has 2 aromatic rings. The molecule has 0 aliphatic rings. The van der Waals surface area contributed by atoms with Crippen LogP contribution in [0.3, 0.4) is 0 Å². The number of methoxy groups -OCH3 is 1. The lowest BCUT2D eigenvalue weighted by molar-refractivity contribution is 0.102. The molecule has 0 aliphatic carbocycles. The predicted molar refractivity (Wildman–Crippen MR) is 72.4 cm³/mol. The van der Waals surface area contributed by atoms with Gasteiger partial charge in [0, 0.05) is 17.8 Å². The number of hydrogen-bond acceptors (Lipinski definition) is 4. The summed E-state index contributed by atoms with van der Waals surface area (Å²) in [5, 5.41) is 2.64. The second kappa shape index (κ2) is 5.26. The van der Waals surface area contributed by atoms with E-state index < -0.39 is 5.91 Å². The second-order valence-electron chi connectivity index (χ2n) is 3.84. The van der Waals surface area contributed by atoms with Crippen LogP contribution in [0.15, 0.2) is 41.2 Å². The number of ether oxygens (including phenoxy) is 1. The number of carbonyl (C=O) groups excluding carboxylic acids is 1. The highest BCUT2D eigenvalue weighted by Gasteiger charge is 2.10. The van der Waals surface area contributed by atoms with E-state index in [2.05, 4.69) is 10.3 Å². The molecular weight excluding hydrogens is 246 g/mol. The van der Waals surface area contributed by atoms with Gasteiger partial charge in [0.15, 0.2) is 0 Å². The first-order valence-corrected chi connectivity index (χ1v) is 5.54. The summed E-state index contributed by atoms with van der Waals surface area (Å²) < 4.78 is 5.12. The third kappa shape index (κ3) is 2.92. The lowest BCUT2D eigenvalue weighted by Gasteiger charge is -2.10. The highest BCUT2D eigenvalue weighted by atomic mass is 16.5. The molecule has 0 bridgehead atoms. The molecule has 0 unspecified atom stereocenters. The third-order valence-corrected chi connectivity index (χ3v) is 2.49. The molecule has 19 heavy (non-hydrogen) atoms. The Morgan fingerprint density at radius 2 is 2.11 bits per heavy atom. The fourth-order valence-corrected chi connectivity index (χ4v) is 1.58. The molecule has 0 radical (unpaired) electrons. The summed E-state index contributed by atoms with van der Waals surface area (Å²) in [6, 6.07) is 9.23. The molecule has 1 aromatic carbocycles. The van der Waals surface area contributed by atoms with E-state index in [1.807, 2.05) is 0 Å². The van der Waals surface area contributed by atoms with Gasteiger partial charge in [-0.15, -0.1) is 0 Å². The van der Waals surface area contributed by atoms with Crippen LogP contribution in [0.2, 0.25) is 0 Å². The zero-order chi connectivity index (χ0) is 13.8. The van der Waals surface area contributed by atoms with Crippen LogP contribution in [0.25, 0.3) is 0 Å². The van der Waals surface area contributed by atoms with Gasteiger partial charge in [0.2, 0.25) is 5.56 Å². The Bertz CT molecular complexity index is 664. The number of nitrogens with one attached hydrogen (secondary N) is 2. The zero-order valence-corrected chi connectivity index (χ0v) is 10.3. The van der Waals surface area contributed by atoms with Crippen molar-refractivity contribution < 1.29 is 9.53 Å². The summed E-state index contributed by atoms with van der Waals surface area (Å²) in [6.45, 7) is 0. The quantitative estimate of drug-likeness (QED) is 0.722. The number of nitrogen functional groups attached to an aromatic ring is 1. The summed E-state index contributed by atoms with van der Waals surface area (Å²) in [6.07, 6.45) is 0. The van der Waals surface area contributed by atoms with Crippen LogP contribution < -0.4 is 21.3 Å². The summed E-state index contributed by atoms with van der Waals surface area (Å²) in [4.78, 5) is 25.5. The Balaban J connectivity index is 2.26. The van der Waals surface area contributed by atoms with Crippen LogP contribution in [0.4, 0.5) is 11.4 Å². The lowest BCUT2D eigenvalue weighted by atomic mass is 10.2. The minimum Gasteiger partial charge on any atom is -0.494 e. The topological polar surface area (TPSA) is 97.2 Å². The maximum Gasteiger partial charge on any atom is 0.272 e. The Hall–Kier alpha value is -2.76. The van der Waals surface area contributed by atoms with E-state index in [4.69, 9.17) is 10.5 Å². The molecule has 1 amide bonds. The smallest absolute Gasteiger partial charge is 0.272 e. The van der Waals surface area contributed by atoms with Gasteiger partial charge in [0.1, 0.15) is 11.4 Å². The number of anilines is 2. The van der Waals surface area contributed by atoms with Crippen molar-refractivity contribution in [3.63, 3.8) is 0 Å². The van der Waals surface area contributed by atoms with Crippen LogP contribution in [0.5, 0.6) is 5.75 Å². The van der Waals surface area contributed by atoms with Gasteiger partial charge in [-0.1, -0.05) is 6.07 Å². The number of benzene rings is 1. The van der Waals surface area contributed by atoms with E-state index >= 15 is 0 Å². The maximum atomic E-state index is 12.0. The first kappa shape index (κ1) is 12.7. The Morgan fingerprint density at radius 3 is 2.79 bits per heavy atom. The summed E-state index contributed by atoms with van der Waals surface area (Å²) in [7, 11) is 1.48. The van der Waals surface area contributed by atoms with Gasteiger partial charge in [-0.3, -0.25) is 9.59 Å². The van der Waals surface area contributed by atoms with Gasteiger partial charge >= 0.3 is 0 Å². The first-order valence-electron chi connectivity index (χ1n) is 5.54. The largest absolute Gasteiger partial charge is 0.494 e. The van der Waals surface area contributed by atoms with E-state index in [1.54, 1.807) is 18.2 Å². The molecule has 2 rings (SSSR count). The third-order valence-electron chi connectivity index (χ3n) is 2.49. The monoisotopic (exact) mass is 259 g/mol. The first-order chi connectivity index (χ1) is 9.10. The van der Waals surface area contributed by atoms with E-state index in [-0.39, 0.29) is 11.3 Å². The number of H-pyrrole nitrogens is 1. The number of aromatic nitrogens is 1. The van der Waals surface area contributed by atoms with E-state index in [9.17, 15) is 9.59 Å². The Kier molecular flexibility index (Phi) is 3.51. The molecule has 6 nitrogen and oxygen atoms in total. The standard InChI is InChI=1S/C13H13N3O3/c1-19-11-7-8(14)5-6-9(11)16-13(18)10-3-2-4-12(17)15-10/h2-7H,14H2,1H3,(H,15,17)(H,16,18). The molecule has 0 spiro atoms. The molecule has 6 heteroatoms. The van der Waals surface area contributed by atoms with E-state index in [0.29, 0.717) is 17.1 Å². The van der Waals surface area contributed by atoms with Crippen molar-refractivity contribution in [2.75, 3.05) is 18.2 Å². The highest BCUT2D eigenvalue weighted by molar-refractivity contribution is 6.03. The molecule has 0 fully saturated rings. The van der Waals surface area contributed by atoms with Gasteiger partial charge in [0.05, 0.1) is 12.8 Å².